The molecule has 0 radical (unpaired) electrons. The smallest absolute Gasteiger partial charge is 0.315 e. The van der Waals surface area contributed by atoms with Crippen molar-refractivity contribution >= 4 is 11.9 Å². The van der Waals surface area contributed by atoms with Gasteiger partial charge in [0.05, 0.1) is 17.8 Å². The molecule has 24 heavy (non-hydrogen) atoms. The van der Waals surface area contributed by atoms with Crippen molar-refractivity contribution < 1.29 is 9.21 Å². The molecule has 3 heterocycles. The molecule has 1 amide bonds. The number of likely N-dealkylation sites (tertiary alicyclic amines) is 1. The highest BCUT2D eigenvalue weighted by Crippen LogP contribution is 2.42. The molecule has 0 unspecified atom stereocenters. The number of rotatable bonds is 5. The lowest BCUT2D eigenvalue weighted by Crippen LogP contribution is -2.35. The fraction of sp³-hybridized carbons (Fsp3) is 0.625. The number of aromatic nitrogens is 4. The van der Waals surface area contributed by atoms with Gasteiger partial charge in [-0.15, -0.1) is 5.10 Å². The first kappa shape index (κ1) is 15.2. The van der Waals surface area contributed by atoms with Crippen LogP contribution in [0.5, 0.6) is 0 Å². The Labute approximate surface area is 140 Å². The Bertz CT molecular complexity index is 747. The van der Waals surface area contributed by atoms with Gasteiger partial charge in [0, 0.05) is 31.6 Å². The summed E-state index contributed by atoms with van der Waals surface area (Å²) >= 11 is 0. The van der Waals surface area contributed by atoms with E-state index in [9.17, 15) is 4.79 Å². The summed E-state index contributed by atoms with van der Waals surface area (Å²) in [5.74, 6) is 0.942. The van der Waals surface area contributed by atoms with E-state index in [-0.39, 0.29) is 23.9 Å². The number of carbonyl (C=O) groups is 1. The van der Waals surface area contributed by atoms with Crippen LogP contribution >= 0.6 is 0 Å². The zero-order chi connectivity index (χ0) is 16.8. The number of aryl methyl sites for hydroxylation is 1. The van der Waals surface area contributed by atoms with E-state index in [0.29, 0.717) is 24.4 Å². The number of nitrogens with one attached hydrogen (secondary N) is 1. The predicted octanol–water partition coefficient (Wildman–Crippen LogP) is 1.84. The van der Waals surface area contributed by atoms with Gasteiger partial charge in [0.2, 0.25) is 11.8 Å². The highest BCUT2D eigenvalue weighted by atomic mass is 16.4. The Balaban J connectivity index is 1.62. The SMILES string of the molecule is CC(C)c1nnc(N[C@@H]2CC(=O)N(C3CC3)[C@H]2c2ccnn2C)o1. The molecule has 1 aliphatic carbocycles. The predicted molar refractivity (Wildman–Crippen MR) is 86.2 cm³/mol. The van der Waals surface area contributed by atoms with Crippen molar-refractivity contribution in [2.75, 3.05) is 5.32 Å². The molecule has 2 fully saturated rings. The van der Waals surface area contributed by atoms with Crippen molar-refractivity contribution in [1.82, 2.24) is 24.9 Å². The second kappa shape index (κ2) is 5.61. The molecule has 2 aromatic rings. The molecule has 1 aliphatic heterocycles. The van der Waals surface area contributed by atoms with Crippen molar-refractivity contribution in [2.24, 2.45) is 7.05 Å². The average molecular weight is 330 g/mol. The highest BCUT2D eigenvalue weighted by Gasteiger charge is 2.48. The van der Waals surface area contributed by atoms with Crippen LogP contribution in [0, 0.1) is 0 Å². The van der Waals surface area contributed by atoms with Gasteiger partial charge in [0.1, 0.15) is 0 Å². The van der Waals surface area contributed by atoms with Crippen molar-refractivity contribution in [2.45, 2.75) is 57.2 Å². The monoisotopic (exact) mass is 330 g/mol. The van der Waals surface area contributed by atoms with Crippen LogP contribution in [0.4, 0.5) is 6.01 Å². The lowest BCUT2D eigenvalue weighted by molar-refractivity contribution is -0.129. The lowest BCUT2D eigenvalue weighted by Gasteiger charge is -2.28. The minimum absolute atomic E-state index is 0.0631. The molecule has 8 heteroatoms. The van der Waals surface area contributed by atoms with Crippen LogP contribution in [-0.4, -0.2) is 42.9 Å². The molecule has 2 aliphatic rings. The molecular formula is C16H22N6O2. The Morgan fingerprint density at radius 3 is 2.71 bits per heavy atom. The Morgan fingerprint density at radius 2 is 2.12 bits per heavy atom. The van der Waals surface area contributed by atoms with Gasteiger partial charge in [-0.05, 0) is 18.9 Å². The number of anilines is 1. The van der Waals surface area contributed by atoms with Gasteiger partial charge in [-0.3, -0.25) is 9.48 Å². The third-order valence-electron chi connectivity index (χ3n) is 4.71. The molecule has 0 bridgehead atoms. The molecule has 2 atom stereocenters. The van der Waals surface area contributed by atoms with Crippen LogP contribution in [0.1, 0.15) is 56.7 Å². The van der Waals surface area contributed by atoms with Crippen LogP contribution in [0.2, 0.25) is 0 Å². The standard InChI is InChI=1S/C16H22N6O2/c1-9(2)15-19-20-16(24-15)18-11-8-13(23)22(10-4-5-10)14(11)12-6-7-17-21(12)3/h6-7,9-11,14H,4-5,8H2,1-3H3,(H,18,20)/t11-,14-/m1/s1. The van der Waals surface area contributed by atoms with E-state index in [2.05, 4.69) is 20.6 Å². The summed E-state index contributed by atoms with van der Waals surface area (Å²) in [5.41, 5.74) is 1.02. The zero-order valence-corrected chi connectivity index (χ0v) is 14.1. The highest BCUT2D eigenvalue weighted by molar-refractivity contribution is 5.81. The van der Waals surface area contributed by atoms with Crippen LogP contribution in [-0.2, 0) is 11.8 Å². The van der Waals surface area contributed by atoms with Crippen LogP contribution in [0.25, 0.3) is 0 Å². The molecule has 2 aromatic heterocycles. The summed E-state index contributed by atoms with van der Waals surface area (Å²) in [4.78, 5) is 14.6. The summed E-state index contributed by atoms with van der Waals surface area (Å²) in [6.45, 7) is 4.01. The van der Waals surface area contributed by atoms with E-state index in [1.54, 1.807) is 6.20 Å². The Kier molecular flexibility index (Phi) is 3.54. The van der Waals surface area contributed by atoms with Crippen LogP contribution in [0.15, 0.2) is 16.7 Å². The summed E-state index contributed by atoms with van der Waals surface area (Å²) in [7, 11) is 1.91. The van der Waals surface area contributed by atoms with Gasteiger partial charge in [-0.1, -0.05) is 18.9 Å². The first-order chi connectivity index (χ1) is 11.5. The summed E-state index contributed by atoms with van der Waals surface area (Å²) in [6.07, 6.45) is 4.34. The van der Waals surface area contributed by atoms with Gasteiger partial charge in [0.15, 0.2) is 0 Å². The van der Waals surface area contributed by atoms with E-state index in [4.69, 9.17) is 4.42 Å². The second-order valence-corrected chi connectivity index (χ2v) is 6.91. The lowest BCUT2D eigenvalue weighted by atomic mass is 10.1. The number of carbonyl (C=O) groups excluding carboxylic acids is 1. The topological polar surface area (TPSA) is 89.1 Å². The minimum Gasteiger partial charge on any atom is -0.408 e. The van der Waals surface area contributed by atoms with E-state index >= 15 is 0 Å². The molecule has 0 aromatic carbocycles. The molecule has 4 rings (SSSR count). The molecule has 0 spiro atoms. The van der Waals surface area contributed by atoms with Crippen molar-refractivity contribution in [3.8, 4) is 0 Å². The van der Waals surface area contributed by atoms with Gasteiger partial charge >= 0.3 is 6.01 Å². The fourth-order valence-electron chi connectivity index (χ4n) is 3.38. The first-order valence-corrected chi connectivity index (χ1v) is 8.43. The maximum absolute atomic E-state index is 12.6. The van der Waals surface area contributed by atoms with E-state index in [1.807, 2.05) is 36.5 Å². The third kappa shape index (κ3) is 2.55. The second-order valence-electron chi connectivity index (χ2n) is 6.91. The first-order valence-electron chi connectivity index (χ1n) is 8.43. The molecule has 1 saturated carbocycles. The quantitative estimate of drug-likeness (QED) is 0.900. The maximum atomic E-state index is 12.6. The Morgan fingerprint density at radius 1 is 1.33 bits per heavy atom. The maximum Gasteiger partial charge on any atom is 0.315 e. The molecular weight excluding hydrogens is 308 g/mol. The molecule has 1 saturated heterocycles. The van der Waals surface area contributed by atoms with Gasteiger partial charge < -0.3 is 14.6 Å². The Hall–Kier alpha value is -2.38. The van der Waals surface area contributed by atoms with E-state index in [0.717, 1.165) is 18.5 Å². The number of hydrogen-bond acceptors (Lipinski definition) is 6. The van der Waals surface area contributed by atoms with Crippen LogP contribution in [0.3, 0.4) is 0 Å². The zero-order valence-electron chi connectivity index (χ0n) is 14.1. The molecule has 8 nitrogen and oxygen atoms in total. The number of nitrogens with zero attached hydrogens (tertiary/aromatic N) is 5. The average Bonchev–Trinajstić information content (AvgIpc) is 2.96. The summed E-state index contributed by atoms with van der Waals surface area (Å²) < 4.78 is 7.50. The largest absolute Gasteiger partial charge is 0.408 e. The summed E-state index contributed by atoms with van der Waals surface area (Å²) in [6, 6.07) is 2.53. The van der Waals surface area contributed by atoms with Crippen LogP contribution < -0.4 is 5.32 Å². The minimum atomic E-state index is -0.103. The van der Waals surface area contributed by atoms with E-state index < -0.39 is 0 Å². The van der Waals surface area contributed by atoms with Crippen molar-refractivity contribution in [1.29, 1.82) is 0 Å². The third-order valence-corrected chi connectivity index (χ3v) is 4.71. The molecule has 1 N–H and O–H groups in total. The van der Waals surface area contributed by atoms with E-state index in [1.165, 1.54) is 0 Å². The normalized spacial score (nSPS) is 24.2. The molecule has 128 valence electrons. The van der Waals surface area contributed by atoms with Crippen molar-refractivity contribution in [3.05, 3.63) is 23.8 Å². The van der Waals surface area contributed by atoms with Gasteiger partial charge in [-0.2, -0.15) is 5.10 Å². The van der Waals surface area contributed by atoms with Crippen molar-refractivity contribution in [3.63, 3.8) is 0 Å². The fourth-order valence-corrected chi connectivity index (χ4v) is 3.38. The number of amides is 1. The van der Waals surface area contributed by atoms with Gasteiger partial charge in [-0.25, -0.2) is 0 Å². The summed E-state index contributed by atoms with van der Waals surface area (Å²) in [5, 5.41) is 15.7. The van der Waals surface area contributed by atoms with Gasteiger partial charge in [0.25, 0.3) is 0 Å². The number of hydrogen-bond donors (Lipinski definition) is 1.